The number of rotatable bonds is 6. The Hall–Kier alpha value is -2.08. The van der Waals surface area contributed by atoms with Crippen molar-refractivity contribution >= 4 is 21.9 Å². The van der Waals surface area contributed by atoms with E-state index in [2.05, 4.69) is 36.5 Å². The highest BCUT2D eigenvalue weighted by atomic mass is 79.9. The third-order valence-corrected chi connectivity index (χ3v) is 3.92. The number of pyridine rings is 1. The van der Waals surface area contributed by atoms with Gasteiger partial charge in [-0.25, -0.2) is 0 Å². The van der Waals surface area contributed by atoms with E-state index in [4.69, 9.17) is 4.74 Å². The zero-order valence-electron chi connectivity index (χ0n) is 13.3. The summed E-state index contributed by atoms with van der Waals surface area (Å²) in [6, 6.07) is 11.9. The summed E-state index contributed by atoms with van der Waals surface area (Å²) in [6.07, 6.45) is 2.67. The zero-order valence-corrected chi connectivity index (χ0v) is 14.9. The summed E-state index contributed by atoms with van der Waals surface area (Å²) in [7, 11) is 3.42. The van der Waals surface area contributed by atoms with E-state index in [1.54, 1.807) is 14.2 Å². The summed E-state index contributed by atoms with van der Waals surface area (Å²) < 4.78 is 6.17. The van der Waals surface area contributed by atoms with Gasteiger partial charge in [-0.1, -0.05) is 12.1 Å². The SMILES string of the molecule is CN=C(NCCc1ccccn1)NCc1ccc(OC)c(Br)c1. The number of ether oxygens (including phenoxy) is 1. The van der Waals surface area contributed by atoms with Crippen LogP contribution >= 0.6 is 15.9 Å². The molecule has 0 spiro atoms. The molecule has 0 unspecified atom stereocenters. The molecule has 0 aliphatic heterocycles. The number of halogens is 1. The molecule has 0 amide bonds. The number of guanidine groups is 1. The molecule has 0 fully saturated rings. The normalized spacial score (nSPS) is 11.2. The Kier molecular flexibility index (Phi) is 6.87. The van der Waals surface area contributed by atoms with Gasteiger partial charge in [-0.15, -0.1) is 0 Å². The molecule has 0 aliphatic carbocycles. The highest BCUT2D eigenvalue weighted by Gasteiger charge is 2.03. The molecule has 122 valence electrons. The third-order valence-electron chi connectivity index (χ3n) is 3.30. The van der Waals surface area contributed by atoms with Gasteiger partial charge >= 0.3 is 0 Å². The fraction of sp³-hybridized carbons (Fsp3) is 0.294. The van der Waals surface area contributed by atoms with Crippen LogP contribution in [-0.4, -0.2) is 31.6 Å². The second-order valence-corrected chi connectivity index (χ2v) is 5.75. The summed E-state index contributed by atoms with van der Waals surface area (Å²) in [4.78, 5) is 8.53. The summed E-state index contributed by atoms with van der Waals surface area (Å²) in [6.45, 7) is 1.47. The smallest absolute Gasteiger partial charge is 0.191 e. The number of benzene rings is 1. The molecule has 0 radical (unpaired) electrons. The summed E-state index contributed by atoms with van der Waals surface area (Å²) >= 11 is 3.49. The first kappa shape index (κ1) is 17.3. The van der Waals surface area contributed by atoms with Crippen LogP contribution in [0.15, 0.2) is 52.1 Å². The summed E-state index contributed by atoms with van der Waals surface area (Å²) in [5, 5.41) is 6.58. The van der Waals surface area contributed by atoms with Crippen LogP contribution in [0, 0.1) is 0 Å². The number of hydrogen-bond acceptors (Lipinski definition) is 3. The first-order valence-corrected chi connectivity index (χ1v) is 8.19. The number of aliphatic imine (C=N–C) groups is 1. The lowest BCUT2D eigenvalue weighted by atomic mass is 10.2. The van der Waals surface area contributed by atoms with Crippen molar-refractivity contribution in [2.45, 2.75) is 13.0 Å². The van der Waals surface area contributed by atoms with E-state index in [-0.39, 0.29) is 0 Å². The minimum Gasteiger partial charge on any atom is -0.496 e. The molecule has 0 saturated heterocycles. The van der Waals surface area contributed by atoms with Crippen LogP contribution in [-0.2, 0) is 13.0 Å². The van der Waals surface area contributed by atoms with E-state index in [1.165, 1.54) is 0 Å². The second kappa shape index (κ2) is 9.15. The highest BCUT2D eigenvalue weighted by Crippen LogP contribution is 2.25. The molecule has 23 heavy (non-hydrogen) atoms. The maximum atomic E-state index is 5.23. The Morgan fingerprint density at radius 1 is 1.26 bits per heavy atom. The number of hydrogen-bond donors (Lipinski definition) is 2. The van der Waals surface area contributed by atoms with Crippen molar-refractivity contribution in [3.05, 3.63) is 58.3 Å². The van der Waals surface area contributed by atoms with E-state index >= 15 is 0 Å². The largest absolute Gasteiger partial charge is 0.496 e. The highest BCUT2D eigenvalue weighted by molar-refractivity contribution is 9.10. The van der Waals surface area contributed by atoms with Gasteiger partial charge in [0.25, 0.3) is 0 Å². The average Bonchev–Trinajstić information content (AvgIpc) is 2.59. The summed E-state index contributed by atoms with van der Waals surface area (Å²) in [5.74, 6) is 1.60. The van der Waals surface area contributed by atoms with Gasteiger partial charge in [0, 0.05) is 38.4 Å². The maximum absolute atomic E-state index is 5.23. The molecule has 2 rings (SSSR count). The van der Waals surface area contributed by atoms with Crippen LogP contribution < -0.4 is 15.4 Å². The minimum atomic E-state index is 0.686. The number of nitrogens with one attached hydrogen (secondary N) is 2. The molecule has 6 heteroatoms. The third kappa shape index (κ3) is 5.56. The first-order valence-electron chi connectivity index (χ1n) is 7.39. The van der Waals surface area contributed by atoms with Crippen LogP contribution in [0.3, 0.4) is 0 Å². The minimum absolute atomic E-state index is 0.686. The lowest BCUT2D eigenvalue weighted by Crippen LogP contribution is -2.37. The standard InChI is InChI=1S/C17H21BrN4O/c1-19-17(21-10-8-14-5-3-4-9-20-14)22-12-13-6-7-16(23-2)15(18)11-13/h3-7,9,11H,8,10,12H2,1-2H3,(H2,19,21,22). The number of nitrogens with zero attached hydrogens (tertiary/aromatic N) is 2. The molecule has 0 saturated carbocycles. The molecular weight excluding hydrogens is 356 g/mol. The van der Waals surface area contributed by atoms with Crippen LogP contribution in [0.5, 0.6) is 5.75 Å². The lowest BCUT2D eigenvalue weighted by molar-refractivity contribution is 0.412. The number of aromatic nitrogens is 1. The molecule has 5 nitrogen and oxygen atoms in total. The fourth-order valence-corrected chi connectivity index (χ4v) is 2.67. The average molecular weight is 377 g/mol. The van der Waals surface area contributed by atoms with Crippen molar-refractivity contribution in [1.29, 1.82) is 0 Å². The van der Waals surface area contributed by atoms with Crippen LogP contribution in [0.25, 0.3) is 0 Å². The van der Waals surface area contributed by atoms with E-state index < -0.39 is 0 Å². The Morgan fingerprint density at radius 3 is 2.78 bits per heavy atom. The van der Waals surface area contributed by atoms with Crippen LogP contribution in [0.1, 0.15) is 11.3 Å². The van der Waals surface area contributed by atoms with E-state index in [9.17, 15) is 0 Å². The molecule has 0 atom stereocenters. The van der Waals surface area contributed by atoms with Gasteiger partial charge in [0.2, 0.25) is 0 Å². The van der Waals surface area contributed by atoms with E-state index in [1.807, 2.05) is 42.6 Å². The topological polar surface area (TPSA) is 58.5 Å². The Labute approximate surface area is 145 Å². The van der Waals surface area contributed by atoms with Gasteiger partial charge in [-0.2, -0.15) is 0 Å². The molecule has 1 aromatic heterocycles. The monoisotopic (exact) mass is 376 g/mol. The van der Waals surface area contributed by atoms with Crippen LogP contribution in [0.4, 0.5) is 0 Å². The molecule has 0 aliphatic rings. The molecular formula is C17H21BrN4O. The van der Waals surface area contributed by atoms with Gasteiger partial charge in [-0.3, -0.25) is 9.98 Å². The van der Waals surface area contributed by atoms with Gasteiger partial charge < -0.3 is 15.4 Å². The lowest BCUT2D eigenvalue weighted by Gasteiger charge is -2.12. The summed E-state index contributed by atoms with van der Waals surface area (Å²) in [5.41, 5.74) is 2.21. The first-order chi connectivity index (χ1) is 11.2. The molecule has 0 bridgehead atoms. The molecule has 1 aromatic carbocycles. The van der Waals surface area contributed by atoms with Gasteiger partial charge in [0.1, 0.15) is 5.75 Å². The van der Waals surface area contributed by atoms with Gasteiger partial charge in [-0.05, 0) is 45.8 Å². The van der Waals surface area contributed by atoms with Crippen molar-refractivity contribution in [3.8, 4) is 5.75 Å². The zero-order chi connectivity index (χ0) is 16.5. The van der Waals surface area contributed by atoms with Crippen molar-refractivity contribution in [1.82, 2.24) is 15.6 Å². The Morgan fingerprint density at radius 2 is 2.13 bits per heavy atom. The van der Waals surface area contributed by atoms with Gasteiger partial charge in [0.05, 0.1) is 11.6 Å². The molecule has 1 heterocycles. The van der Waals surface area contributed by atoms with Gasteiger partial charge in [0.15, 0.2) is 5.96 Å². The van der Waals surface area contributed by atoms with E-state index in [0.29, 0.717) is 6.54 Å². The Balaban J connectivity index is 1.80. The predicted molar refractivity (Wildman–Crippen MR) is 96.8 cm³/mol. The quantitative estimate of drug-likeness (QED) is 0.601. The van der Waals surface area contributed by atoms with Crippen molar-refractivity contribution in [3.63, 3.8) is 0 Å². The predicted octanol–water partition coefficient (Wildman–Crippen LogP) is 2.76. The van der Waals surface area contributed by atoms with Crippen molar-refractivity contribution in [2.75, 3.05) is 20.7 Å². The Bertz CT molecular complexity index is 646. The maximum Gasteiger partial charge on any atom is 0.191 e. The second-order valence-electron chi connectivity index (χ2n) is 4.89. The number of methoxy groups -OCH3 is 1. The van der Waals surface area contributed by atoms with Crippen molar-refractivity contribution in [2.24, 2.45) is 4.99 Å². The van der Waals surface area contributed by atoms with Crippen molar-refractivity contribution < 1.29 is 4.74 Å². The van der Waals surface area contributed by atoms with E-state index in [0.717, 1.165) is 40.4 Å². The molecule has 2 aromatic rings. The fourth-order valence-electron chi connectivity index (χ4n) is 2.08. The van der Waals surface area contributed by atoms with Crippen LogP contribution in [0.2, 0.25) is 0 Å². The molecule has 2 N–H and O–H groups in total.